The first-order valence-electron chi connectivity index (χ1n) is 9.96. The Labute approximate surface area is 189 Å². The van der Waals surface area contributed by atoms with E-state index in [1.165, 1.54) is 29.2 Å². The van der Waals surface area contributed by atoms with Crippen LogP contribution in [0.15, 0.2) is 77.7 Å². The van der Waals surface area contributed by atoms with Gasteiger partial charge in [0.05, 0.1) is 16.5 Å². The molecule has 33 heavy (non-hydrogen) atoms. The Morgan fingerprint density at radius 1 is 0.909 bits per heavy atom. The molecule has 1 atom stereocenters. The molecule has 0 radical (unpaired) electrons. The quantitative estimate of drug-likeness (QED) is 0.572. The summed E-state index contributed by atoms with van der Waals surface area (Å²) < 4.78 is 54.5. The fourth-order valence-corrected chi connectivity index (χ4v) is 4.62. The van der Waals surface area contributed by atoms with Crippen LogP contribution in [0, 0.1) is 17.6 Å². The first-order chi connectivity index (χ1) is 15.7. The lowest BCUT2D eigenvalue weighted by Gasteiger charge is -2.17. The van der Waals surface area contributed by atoms with E-state index in [0.717, 1.165) is 12.1 Å². The van der Waals surface area contributed by atoms with E-state index in [0.29, 0.717) is 11.8 Å². The lowest BCUT2D eigenvalue weighted by Crippen LogP contribution is -2.28. The predicted molar refractivity (Wildman–Crippen MR) is 119 cm³/mol. The van der Waals surface area contributed by atoms with E-state index in [4.69, 9.17) is 0 Å². The molecule has 4 rings (SSSR count). The number of halogens is 2. The average molecular weight is 471 g/mol. The number of hydrogen-bond donors (Lipinski definition) is 2. The molecule has 0 aliphatic carbocycles. The monoisotopic (exact) mass is 471 g/mol. The number of carbonyl (C=O) groups is 2. The van der Waals surface area contributed by atoms with E-state index < -0.39 is 39.4 Å². The van der Waals surface area contributed by atoms with Crippen molar-refractivity contribution in [1.29, 1.82) is 0 Å². The fourth-order valence-electron chi connectivity index (χ4n) is 3.55. The highest BCUT2D eigenvalue weighted by Gasteiger charge is 2.35. The number of nitrogens with zero attached hydrogens (tertiary/aromatic N) is 1. The SMILES string of the molecule is O=C(Nc1cccc(NS(=O)(=O)c2ccccc2)c1)C1CC(=O)N(c2cc(F)cc(F)c2)C1. The Hall–Kier alpha value is -3.79. The Morgan fingerprint density at radius 3 is 2.27 bits per heavy atom. The number of nitrogens with one attached hydrogen (secondary N) is 2. The Balaban J connectivity index is 1.44. The van der Waals surface area contributed by atoms with Crippen molar-refractivity contribution in [1.82, 2.24) is 0 Å². The van der Waals surface area contributed by atoms with Crippen LogP contribution >= 0.6 is 0 Å². The molecule has 1 unspecified atom stereocenters. The molecule has 0 saturated carbocycles. The minimum atomic E-state index is -3.80. The summed E-state index contributed by atoms with van der Waals surface area (Å²) in [6.07, 6.45) is -0.121. The summed E-state index contributed by atoms with van der Waals surface area (Å²) in [7, 11) is -3.80. The molecular weight excluding hydrogens is 452 g/mol. The second-order valence-corrected chi connectivity index (χ2v) is 9.20. The van der Waals surface area contributed by atoms with Crippen molar-refractivity contribution in [2.24, 2.45) is 5.92 Å². The minimum Gasteiger partial charge on any atom is -0.326 e. The molecule has 1 saturated heterocycles. The van der Waals surface area contributed by atoms with E-state index in [-0.39, 0.29) is 29.2 Å². The highest BCUT2D eigenvalue weighted by atomic mass is 32.2. The van der Waals surface area contributed by atoms with Gasteiger partial charge in [0.1, 0.15) is 11.6 Å². The van der Waals surface area contributed by atoms with Crippen LogP contribution in [0.2, 0.25) is 0 Å². The first kappa shape index (κ1) is 22.4. The molecular formula is C23H19F2N3O4S. The van der Waals surface area contributed by atoms with Crippen molar-refractivity contribution >= 4 is 38.9 Å². The third-order valence-electron chi connectivity index (χ3n) is 5.09. The van der Waals surface area contributed by atoms with Crippen LogP contribution in [0.3, 0.4) is 0 Å². The van der Waals surface area contributed by atoms with E-state index in [9.17, 15) is 26.8 Å². The maximum absolute atomic E-state index is 13.5. The maximum Gasteiger partial charge on any atom is 0.261 e. The minimum absolute atomic E-state index is 0.0338. The summed E-state index contributed by atoms with van der Waals surface area (Å²) >= 11 is 0. The normalized spacial score (nSPS) is 16.0. The van der Waals surface area contributed by atoms with Gasteiger partial charge in [0, 0.05) is 30.4 Å². The van der Waals surface area contributed by atoms with Gasteiger partial charge in [-0.1, -0.05) is 24.3 Å². The Bertz CT molecular complexity index is 1300. The molecule has 2 N–H and O–H groups in total. The average Bonchev–Trinajstić information content (AvgIpc) is 3.15. The number of anilines is 3. The summed E-state index contributed by atoms with van der Waals surface area (Å²) in [5.74, 6) is -3.27. The van der Waals surface area contributed by atoms with Crippen LogP contribution in [0.25, 0.3) is 0 Å². The number of hydrogen-bond acceptors (Lipinski definition) is 4. The third-order valence-corrected chi connectivity index (χ3v) is 6.49. The molecule has 0 spiro atoms. The van der Waals surface area contributed by atoms with Crippen molar-refractivity contribution in [2.45, 2.75) is 11.3 Å². The molecule has 1 heterocycles. The molecule has 0 bridgehead atoms. The molecule has 170 valence electrons. The molecule has 1 aliphatic heterocycles. The summed E-state index contributed by atoms with van der Waals surface area (Å²) in [6, 6.07) is 16.7. The predicted octanol–water partition coefficient (Wildman–Crippen LogP) is 3.76. The van der Waals surface area contributed by atoms with Crippen LogP contribution in [-0.2, 0) is 19.6 Å². The van der Waals surface area contributed by atoms with Gasteiger partial charge in [-0.2, -0.15) is 0 Å². The van der Waals surface area contributed by atoms with E-state index >= 15 is 0 Å². The highest BCUT2D eigenvalue weighted by molar-refractivity contribution is 7.92. The van der Waals surface area contributed by atoms with Gasteiger partial charge in [0.25, 0.3) is 10.0 Å². The number of rotatable bonds is 6. The van der Waals surface area contributed by atoms with Crippen molar-refractivity contribution in [3.63, 3.8) is 0 Å². The van der Waals surface area contributed by atoms with Gasteiger partial charge in [0.2, 0.25) is 11.8 Å². The van der Waals surface area contributed by atoms with Crippen LogP contribution in [0.5, 0.6) is 0 Å². The molecule has 3 aromatic carbocycles. The number of amides is 2. The zero-order valence-corrected chi connectivity index (χ0v) is 18.0. The van der Waals surface area contributed by atoms with Crippen molar-refractivity contribution in [3.05, 3.63) is 84.4 Å². The standard InChI is InChI=1S/C23H19F2N3O4S/c24-16-10-17(25)12-20(11-16)28-14-15(9-22(28)29)23(30)26-18-5-4-6-19(13-18)27-33(31,32)21-7-2-1-3-8-21/h1-8,10-13,15,27H,9,14H2,(H,26,30). The van der Waals surface area contributed by atoms with Gasteiger partial charge in [0.15, 0.2) is 0 Å². The molecule has 2 amide bonds. The first-order valence-corrected chi connectivity index (χ1v) is 11.4. The zero-order valence-electron chi connectivity index (χ0n) is 17.2. The molecule has 3 aromatic rings. The van der Waals surface area contributed by atoms with Gasteiger partial charge >= 0.3 is 0 Å². The van der Waals surface area contributed by atoms with Crippen LogP contribution < -0.4 is 14.9 Å². The van der Waals surface area contributed by atoms with Gasteiger partial charge in [-0.3, -0.25) is 14.3 Å². The van der Waals surface area contributed by atoms with Crippen molar-refractivity contribution in [2.75, 3.05) is 21.5 Å². The lowest BCUT2D eigenvalue weighted by molar-refractivity contribution is -0.122. The van der Waals surface area contributed by atoms with Crippen molar-refractivity contribution < 1.29 is 26.8 Å². The Morgan fingerprint density at radius 2 is 1.58 bits per heavy atom. The second kappa shape index (κ2) is 8.99. The number of sulfonamides is 1. The maximum atomic E-state index is 13.5. The second-order valence-electron chi connectivity index (χ2n) is 7.52. The topological polar surface area (TPSA) is 95.6 Å². The van der Waals surface area contributed by atoms with E-state index in [1.807, 2.05) is 0 Å². The Kier molecular flexibility index (Phi) is 6.10. The summed E-state index contributed by atoms with van der Waals surface area (Å²) in [4.78, 5) is 26.3. The van der Waals surface area contributed by atoms with Gasteiger partial charge in [-0.25, -0.2) is 17.2 Å². The van der Waals surface area contributed by atoms with Gasteiger partial charge < -0.3 is 10.2 Å². The van der Waals surface area contributed by atoms with Crippen molar-refractivity contribution in [3.8, 4) is 0 Å². The molecule has 0 aromatic heterocycles. The molecule has 1 fully saturated rings. The molecule has 1 aliphatic rings. The summed E-state index contributed by atoms with van der Waals surface area (Å²) in [6.45, 7) is -0.0338. The van der Waals surface area contributed by atoms with Crippen LogP contribution in [-0.4, -0.2) is 26.8 Å². The number of carbonyl (C=O) groups excluding carboxylic acids is 2. The number of benzene rings is 3. The highest BCUT2D eigenvalue weighted by Crippen LogP contribution is 2.28. The smallest absolute Gasteiger partial charge is 0.261 e. The molecule has 10 heteroatoms. The fraction of sp³-hybridized carbons (Fsp3) is 0.130. The van der Waals surface area contributed by atoms with E-state index in [2.05, 4.69) is 10.0 Å². The van der Waals surface area contributed by atoms with Crippen LogP contribution in [0.1, 0.15) is 6.42 Å². The van der Waals surface area contributed by atoms with Gasteiger partial charge in [-0.05, 0) is 42.5 Å². The zero-order chi connectivity index (χ0) is 23.6. The molecule has 7 nitrogen and oxygen atoms in total. The lowest BCUT2D eigenvalue weighted by atomic mass is 10.1. The summed E-state index contributed by atoms with van der Waals surface area (Å²) in [5, 5.41) is 2.66. The van der Waals surface area contributed by atoms with Crippen LogP contribution in [0.4, 0.5) is 25.8 Å². The third kappa shape index (κ3) is 5.17. The van der Waals surface area contributed by atoms with Gasteiger partial charge in [-0.15, -0.1) is 0 Å². The van der Waals surface area contributed by atoms with E-state index in [1.54, 1.807) is 30.3 Å². The summed E-state index contributed by atoms with van der Waals surface area (Å²) in [5.41, 5.74) is 0.622. The largest absolute Gasteiger partial charge is 0.326 e.